The van der Waals surface area contributed by atoms with Crippen LogP contribution >= 0.6 is 23.2 Å². The van der Waals surface area contributed by atoms with Gasteiger partial charge in [-0.3, -0.25) is 19.7 Å². The van der Waals surface area contributed by atoms with Gasteiger partial charge in [0.15, 0.2) is 11.4 Å². The molecular weight excluding hydrogens is 455 g/mol. The average Bonchev–Trinajstić information content (AvgIpc) is 2.98. The van der Waals surface area contributed by atoms with E-state index >= 15 is 0 Å². The molecule has 1 unspecified atom stereocenters. The van der Waals surface area contributed by atoms with Crippen molar-refractivity contribution in [3.8, 4) is 0 Å². The fourth-order valence-corrected chi connectivity index (χ4v) is 4.32. The van der Waals surface area contributed by atoms with E-state index in [1.807, 2.05) is 0 Å². The summed E-state index contributed by atoms with van der Waals surface area (Å²) in [6.45, 7) is 0.00165. The molecule has 0 spiro atoms. The number of Topliss-reactive ketones (excluding diaryl/α,β-unsaturated/α-hetero) is 1. The molecule has 4 rings (SSSR count). The van der Waals surface area contributed by atoms with E-state index in [1.54, 1.807) is 42.5 Å². The van der Waals surface area contributed by atoms with Crippen molar-refractivity contribution in [3.63, 3.8) is 0 Å². The van der Waals surface area contributed by atoms with Gasteiger partial charge in [-0.2, -0.15) is 0 Å². The SMILES string of the molecule is O=C(CC1(O)C(=O)N(Cc2c(Cl)cccc2Cl)c2ccccc21)c1cccc([N+](=O)[O-])c1. The van der Waals surface area contributed by atoms with Crippen LogP contribution < -0.4 is 4.90 Å². The van der Waals surface area contributed by atoms with Crippen LogP contribution in [-0.4, -0.2) is 21.7 Å². The fraction of sp³-hybridized carbons (Fsp3) is 0.130. The van der Waals surface area contributed by atoms with Crippen molar-refractivity contribution >= 4 is 46.3 Å². The van der Waals surface area contributed by atoms with E-state index in [1.165, 1.54) is 23.1 Å². The third-order valence-electron chi connectivity index (χ3n) is 5.41. The van der Waals surface area contributed by atoms with E-state index in [9.17, 15) is 24.8 Å². The largest absolute Gasteiger partial charge is 0.375 e. The monoisotopic (exact) mass is 470 g/mol. The Kier molecular flexibility index (Phi) is 5.73. The van der Waals surface area contributed by atoms with Crippen LogP contribution in [0, 0.1) is 10.1 Å². The van der Waals surface area contributed by atoms with Gasteiger partial charge < -0.3 is 10.0 Å². The first-order valence-electron chi connectivity index (χ1n) is 9.57. The Balaban J connectivity index is 1.70. The van der Waals surface area contributed by atoms with Gasteiger partial charge in [0.25, 0.3) is 11.6 Å². The van der Waals surface area contributed by atoms with Gasteiger partial charge in [0.05, 0.1) is 23.6 Å². The lowest BCUT2D eigenvalue weighted by Crippen LogP contribution is -2.41. The van der Waals surface area contributed by atoms with Crippen molar-refractivity contribution in [3.05, 3.63) is 104 Å². The van der Waals surface area contributed by atoms with E-state index < -0.39 is 28.6 Å². The number of nitro benzene ring substituents is 1. The molecule has 1 aliphatic rings. The minimum absolute atomic E-state index is 0.00165. The van der Waals surface area contributed by atoms with Gasteiger partial charge in [0.2, 0.25) is 0 Å². The molecule has 1 amide bonds. The summed E-state index contributed by atoms with van der Waals surface area (Å²) in [6.07, 6.45) is -0.573. The smallest absolute Gasteiger partial charge is 0.270 e. The number of fused-ring (bicyclic) bond motifs is 1. The molecule has 9 heteroatoms. The summed E-state index contributed by atoms with van der Waals surface area (Å²) < 4.78 is 0. The number of carbonyl (C=O) groups excluding carboxylic acids is 2. The van der Waals surface area contributed by atoms with Crippen LogP contribution in [0.2, 0.25) is 10.0 Å². The number of non-ortho nitro benzene ring substituents is 1. The van der Waals surface area contributed by atoms with Crippen LogP contribution in [0.3, 0.4) is 0 Å². The predicted molar refractivity (Wildman–Crippen MR) is 120 cm³/mol. The highest BCUT2D eigenvalue weighted by Crippen LogP contribution is 2.44. The van der Waals surface area contributed by atoms with Gasteiger partial charge in [-0.15, -0.1) is 0 Å². The minimum atomic E-state index is -2.13. The number of nitrogens with zero attached hydrogens (tertiary/aromatic N) is 2. The molecule has 1 heterocycles. The second-order valence-electron chi connectivity index (χ2n) is 7.38. The molecule has 3 aromatic rings. The average molecular weight is 471 g/mol. The standard InChI is InChI=1S/C23H16Cl2N2O5/c24-18-8-4-9-19(25)16(18)13-26-20-10-2-1-7-17(20)23(30,22(26)29)12-21(28)14-5-3-6-15(11-14)27(31)32/h1-11,30H,12-13H2. The Bertz CT molecular complexity index is 1240. The summed E-state index contributed by atoms with van der Waals surface area (Å²) in [5.74, 6) is -1.30. The van der Waals surface area contributed by atoms with E-state index in [-0.39, 0.29) is 23.4 Å². The summed E-state index contributed by atoms with van der Waals surface area (Å²) in [4.78, 5) is 38.1. The Hall–Kier alpha value is -3.26. The van der Waals surface area contributed by atoms with Crippen molar-refractivity contribution < 1.29 is 19.6 Å². The summed E-state index contributed by atoms with van der Waals surface area (Å²) >= 11 is 12.5. The molecule has 0 radical (unpaired) electrons. The highest BCUT2D eigenvalue weighted by atomic mass is 35.5. The zero-order valence-corrected chi connectivity index (χ0v) is 18.0. The third-order valence-corrected chi connectivity index (χ3v) is 6.12. The lowest BCUT2D eigenvalue weighted by Gasteiger charge is -2.23. The quantitative estimate of drug-likeness (QED) is 0.313. The molecule has 0 fully saturated rings. The van der Waals surface area contributed by atoms with Crippen LogP contribution in [0.25, 0.3) is 0 Å². The number of amides is 1. The molecule has 0 saturated carbocycles. The number of ketones is 1. The normalized spacial score (nSPS) is 17.3. The third kappa shape index (κ3) is 3.75. The van der Waals surface area contributed by atoms with Crippen LogP contribution in [-0.2, 0) is 16.9 Å². The van der Waals surface area contributed by atoms with Crippen molar-refractivity contribution in [1.29, 1.82) is 0 Å². The highest BCUT2D eigenvalue weighted by Gasteiger charge is 2.51. The van der Waals surface area contributed by atoms with Gasteiger partial charge in [-0.25, -0.2) is 0 Å². The Morgan fingerprint density at radius 1 is 1.03 bits per heavy atom. The lowest BCUT2D eigenvalue weighted by molar-refractivity contribution is -0.384. The Morgan fingerprint density at radius 2 is 1.69 bits per heavy atom. The minimum Gasteiger partial charge on any atom is -0.375 e. The van der Waals surface area contributed by atoms with Gasteiger partial charge in [0, 0.05) is 38.9 Å². The zero-order chi connectivity index (χ0) is 23.0. The maximum absolute atomic E-state index is 13.4. The number of rotatable bonds is 6. The van der Waals surface area contributed by atoms with Crippen LogP contribution in [0.5, 0.6) is 0 Å². The number of anilines is 1. The second kappa shape index (κ2) is 8.35. The molecule has 3 aromatic carbocycles. The van der Waals surface area contributed by atoms with Crippen LogP contribution in [0.4, 0.5) is 11.4 Å². The molecule has 0 bridgehead atoms. The first-order chi connectivity index (χ1) is 15.2. The first kappa shape index (κ1) is 22.0. The topological polar surface area (TPSA) is 101 Å². The molecule has 0 aliphatic carbocycles. The lowest BCUT2D eigenvalue weighted by atomic mass is 9.88. The van der Waals surface area contributed by atoms with E-state index in [4.69, 9.17) is 23.2 Å². The highest BCUT2D eigenvalue weighted by molar-refractivity contribution is 6.36. The molecule has 7 nitrogen and oxygen atoms in total. The van der Waals surface area contributed by atoms with E-state index in [0.717, 1.165) is 6.07 Å². The Labute approximate surface area is 193 Å². The molecule has 1 aliphatic heterocycles. The van der Waals surface area contributed by atoms with Gasteiger partial charge in [0.1, 0.15) is 0 Å². The number of hydrogen-bond donors (Lipinski definition) is 1. The van der Waals surface area contributed by atoms with Gasteiger partial charge in [-0.05, 0) is 18.2 Å². The van der Waals surface area contributed by atoms with Crippen molar-refractivity contribution in [2.75, 3.05) is 4.90 Å². The number of nitro groups is 1. The maximum atomic E-state index is 13.4. The number of para-hydroxylation sites is 1. The number of hydrogen-bond acceptors (Lipinski definition) is 5. The molecule has 0 aromatic heterocycles. The van der Waals surface area contributed by atoms with Crippen LogP contribution in [0.1, 0.15) is 27.9 Å². The van der Waals surface area contributed by atoms with Crippen molar-refractivity contribution in [2.24, 2.45) is 0 Å². The van der Waals surface area contributed by atoms with Gasteiger partial charge >= 0.3 is 0 Å². The summed E-state index contributed by atoms with van der Waals surface area (Å²) in [6, 6.07) is 16.7. The zero-order valence-electron chi connectivity index (χ0n) is 16.5. The first-order valence-corrected chi connectivity index (χ1v) is 10.3. The molecule has 0 saturated heterocycles. The molecule has 1 atom stereocenters. The summed E-state index contributed by atoms with van der Waals surface area (Å²) in [5, 5.41) is 23.2. The van der Waals surface area contributed by atoms with Gasteiger partial charge in [-0.1, -0.05) is 59.6 Å². The van der Waals surface area contributed by atoms with Crippen molar-refractivity contribution in [2.45, 2.75) is 18.6 Å². The molecular formula is C23H16Cl2N2O5. The maximum Gasteiger partial charge on any atom is 0.270 e. The van der Waals surface area contributed by atoms with Crippen molar-refractivity contribution in [1.82, 2.24) is 0 Å². The van der Waals surface area contributed by atoms with E-state index in [2.05, 4.69) is 0 Å². The Morgan fingerprint density at radius 3 is 2.38 bits per heavy atom. The molecule has 1 N–H and O–H groups in total. The number of benzene rings is 3. The second-order valence-corrected chi connectivity index (χ2v) is 8.19. The number of carbonyl (C=O) groups is 2. The number of aliphatic hydroxyl groups is 1. The summed E-state index contributed by atoms with van der Waals surface area (Å²) in [7, 11) is 0. The van der Waals surface area contributed by atoms with E-state index in [0.29, 0.717) is 21.3 Å². The van der Waals surface area contributed by atoms with Crippen LogP contribution in [0.15, 0.2) is 66.7 Å². The molecule has 162 valence electrons. The predicted octanol–water partition coefficient (Wildman–Crippen LogP) is 4.91. The molecule has 32 heavy (non-hydrogen) atoms. The summed E-state index contributed by atoms with van der Waals surface area (Å²) in [5.41, 5.74) is -1.14. The number of halogens is 2. The fourth-order valence-electron chi connectivity index (χ4n) is 3.80.